The third kappa shape index (κ3) is 14.0. The molecular formula is C52H84F4O4. The van der Waals surface area contributed by atoms with Crippen LogP contribution in [0.5, 0.6) is 0 Å². The van der Waals surface area contributed by atoms with Gasteiger partial charge in [0.2, 0.25) is 0 Å². The highest BCUT2D eigenvalue weighted by molar-refractivity contribution is 4.91. The minimum Gasteiger partial charge on any atom is -0.353 e. The van der Waals surface area contributed by atoms with Crippen LogP contribution in [0.2, 0.25) is 0 Å². The fourth-order valence-corrected chi connectivity index (χ4v) is 14.4. The summed E-state index contributed by atoms with van der Waals surface area (Å²) in [6.45, 7) is 7.57. The minimum atomic E-state index is -1.50. The topological polar surface area (TPSA) is 36.9 Å². The summed E-state index contributed by atoms with van der Waals surface area (Å²) in [4.78, 5) is 0. The fraction of sp³-hybridized carbons (Fsp3) is 0.923. The molecular weight excluding hydrogens is 765 g/mol. The molecule has 6 saturated carbocycles. The van der Waals surface area contributed by atoms with Gasteiger partial charge in [0.15, 0.2) is 12.6 Å². The van der Waals surface area contributed by atoms with E-state index in [4.69, 9.17) is 18.9 Å². The Morgan fingerprint density at radius 2 is 0.500 bits per heavy atom. The lowest BCUT2D eigenvalue weighted by atomic mass is 9.64. The van der Waals surface area contributed by atoms with Gasteiger partial charge >= 0.3 is 0 Å². The molecule has 8 heteroatoms. The lowest BCUT2D eigenvalue weighted by Gasteiger charge is -2.42. The van der Waals surface area contributed by atoms with E-state index >= 15 is 0 Å². The minimum absolute atomic E-state index is 0.0159. The standard InChI is InChI=1S/2C26H42F2O2/c2*1-18-29-16-25(17-30-18)24-13-11-23(12-14-24)22-9-7-21(8-10-22)20-5-2-19(3-6-20)4-15-26(27)28/h2*15,18-25H,2-14,16-17H2,1H3. The van der Waals surface area contributed by atoms with Gasteiger partial charge in [0.1, 0.15) is 0 Å². The van der Waals surface area contributed by atoms with Crippen molar-refractivity contribution in [2.45, 2.75) is 193 Å². The first-order valence-electron chi connectivity index (χ1n) is 25.6. The Morgan fingerprint density at radius 3 is 0.700 bits per heavy atom. The van der Waals surface area contributed by atoms with Crippen molar-refractivity contribution in [1.82, 2.24) is 0 Å². The van der Waals surface area contributed by atoms with Gasteiger partial charge in [-0.2, -0.15) is 17.6 Å². The molecule has 0 atom stereocenters. The second-order valence-electron chi connectivity index (χ2n) is 21.7. The zero-order valence-corrected chi connectivity index (χ0v) is 37.8. The highest BCUT2D eigenvalue weighted by Gasteiger charge is 2.39. The summed E-state index contributed by atoms with van der Waals surface area (Å²) in [5.74, 6) is 11.2. The zero-order chi connectivity index (χ0) is 41.8. The van der Waals surface area contributed by atoms with Gasteiger partial charge < -0.3 is 18.9 Å². The van der Waals surface area contributed by atoms with Gasteiger partial charge in [0.05, 0.1) is 26.4 Å². The van der Waals surface area contributed by atoms with E-state index in [1.807, 2.05) is 13.8 Å². The average molecular weight is 849 g/mol. The molecule has 6 aliphatic carbocycles. The first kappa shape index (κ1) is 47.0. The Morgan fingerprint density at radius 1 is 0.317 bits per heavy atom. The van der Waals surface area contributed by atoms with Gasteiger partial charge in [-0.05, 0) is 264 Å². The second-order valence-corrected chi connectivity index (χ2v) is 21.7. The molecule has 0 amide bonds. The number of allylic oxidation sites excluding steroid dienone is 2. The van der Waals surface area contributed by atoms with Crippen molar-refractivity contribution in [3.8, 4) is 0 Å². The third-order valence-corrected chi connectivity index (χ3v) is 18.4. The van der Waals surface area contributed by atoms with E-state index < -0.39 is 12.2 Å². The molecule has 0 radical (unpaired) electrons. The molecule has 344 valence electrons. The monoisotopic (exact) mass is 849 g/mol. The Kier molecular flexibility index (Phi) is 18.7. The normalized spacial score (nSPS) is 43.2. The molecule has 60 heavy (non-hydrogen) atoms. The van der Waals surface area contributed by atoms with Crippen molar-refractivity contribution in [1.29, 1.82) is 0 Å². The molecule has 0 aromatic carbocycles. The number of hydrogen-bond donors (Lipinski definition) is 0. The average Bonchev–Trinajstić information content (AvgIpc) is 3.29. The Balaban J connectivity index is 0.000000181. The van der Waals surface area contributed by atoms with Crippen LogP contribution in [0.25, 0.3) is 0 Å². The van der Waals surface area contributed by atoms with Crippen LogP contribution in [0.4, 0.5) is 17.6 Å². The number of hydrogen-bond acceptors (Lipinski definition) is 4. The van der Waals surface area contributed by atoms with Crippen molar-refractivity contribution in [2.24, 2.45) is 82.9 Å². The van der Waals surface area contributed by atoms with Crippen molar-refractivity contribution >= 4 is 0 Å². The van der Waals surface area contributed by atoms with Crippen molar-refractivity contribution in [3.05, 3.63) is 24.3 Å². The lowest BCUT2D eigenvalue weighted by molar-refractivity contribution is -0.201. The molecule has 2 heterocycles. The van der Waals surface area contributed by atoms with Gasteiger partial charge in [0, 0.05) is 11.8 Å². The maximum atomic E-state index is 12.3. The summed E-state index contributed by atoms with van der Waals surface area (Å²) in [5.41, 5.74) is 0. The smallest absolute Gasteiger partial charge is 0.266 e. The Bertz CT molecular complexity index is 1160. The quantitative estimate of drug-likeness (QED) is 0.205. The summed E-state index contributed by atoms with van der Waals surface area (Å²) < 4.78 is 72.2. The summed E-state index contributed by atoms with van der Waals surface area (Å²) in [7, 11) is 0. The molecule has 4 nitrogen and oxygen atoms in total. The van der Waals surface area contributed by atoms with E-state index in [0.717, 1.165) is 123 Å². The van der Waals surface area contributed by atoms with Gasteiger partial charge in [-0.15, -0.1) is 0 Å². The van der Waals surface area contributed by atoms with Crippen LogP contribution >= 0.6 is 0 Å². The zero-order valence-electron chi connectivity index (χ0n) is 37.8. The highest BCUT2D eigenvalue weighted by atomic mass is 19.3. The number of halogens is 4. The molecule has 0 N–H and O–H groups in total. The van der Waals surface area contributed by atoms with Crippen LogP contribution in [0.15, 0.2) is 24.3 Å². The Hall–Kier alpha value is -0.960. The van der Waals surface area contributed by atoms with Crippen molar-refractivity contribution in [3.63, 3.8) is 0 Å². The summed E-state index contributed by atoms with van der Waals surface area (Å²) in [6.07, 6.45) is 32.7. The van der Waals surface area contributed by atoms with E-state index in [1.165, 1.54) is 128 Å². The van der Waals surface area contributed by atoms with Gasteiger partial charge in [-0.1, -0.05) is 0 Å². The van der Waals surface area contributed by atoms with Crippen LogP contribution in [0.3, 0.4) is 0 Å². The van der Waals surface area contributed by atoms with E-state index in [2.05, 4.69) is 0 Å². The molecule has 0 aromatic heterocycles. The maximum absolute atomic E-state index is 12.3. The SMILES string of the molecule is CC1OCC(C2CCC(C3CCC(C4CCC(CC=C(F)F)CC4)CC3)CC2)CO1.CC1OCC(C2CCC(C3CCC(C4CCC(CC=C(F)F)CC4)CC3)CC2)CO1. The van der Waals surface area contributed by atoms with Crippen molar-refractivity contribution < 1.29 is 36.5 Å². The first-order chi connectivity index (χ1) is 29.2. The van der Waals surface area contributed by atoms with Crippen LogP contribution in [0, 0.1) is 82.9 Å². The molecule has 0 aromatic rings. The maximum Gasteiger partial charge on any atom is 0.266 e. The van der Waals surface area contributed by atoms with E-state index in [1.54, 1.807) is 0 Å². The van der Waals surface area contributed by atoms with Gasteiger partial charge in [-0.25, -0.2) is 0 Å². The molecule has 0 bridgehead atoms. The summed E-state index contributed by atoms with van der Waals surface area (Å²) in [6, 6.07) is 0. The van der Waals surface area contributed by atoms with Crippen LogP contribution in [-0.2, 0) is 18.9 Å². The molecule has 0 unspecified atom stereocenters. The van der Waals surface area contributed by atoms with E-state index in [-0.39, 0.29) is 12.6 Å². The number of ether oxygens (including phenoxy) is 4. The highest BCUT2D eigenvalue weighted by Crippen LogP contribution is 2.49. The van der Waals surface area contributed by atoms with Crippen LogP contribution in [-0.4, -0.2) is 39.0 Å². The first-order valence-corrected chi connectivity index (χ1v) is 25.6. The van der Waals surface area contributed by atoms with E-state index in [0.29, 0.717) is 36.5 Å². The molecule has 0 spiro atoms. The molecule has 2 aliphatic heterocycles. The molecule has 8 fully saturated rings. The third-order valence-electron chi connectivity index (χ3n) is 18.4. The van der Waals surface area contributed by atoms with E-state index in [9.17, 15) is 17.6 Å². The predicted molar refractivity (Wildman–Crippen MR) is 232 cm³/mol. The Labute approximate surface area is 362 Å². The predicted octanol–water partition coefficient (Wildman–Crippen LogP) is 15.2. The fourth-order valence-electron chi connectivity index (χ4n) is 14.4. The van der Waals surface area contributed by atoms with Gasteiger partial charge in [0.25, 0.3) is 12.2 Å². The van der Waals surface area contributed by atoms with Crippen molar-refractivity contribution in [2.75, 3.05) is 26.4 Å². The molecule has 2 saturated heterocycles. The summed E-state index contributed by atoms with van der Waals surface area (Å²) >= 11 is 0. The van der Waals surface area contributed by atoms with Crippen LogP contribution < -0.4 is 0 Å². The van der Waals surface area contributed by atoms with Crippen LogP contribution in [0.1, 0.15) is 181 Å². The summed E-state index contributed by atoms with van der Waals surface area (Å²) in [5, 5.41) is 0. The lowest BCUT2D eigenvalue weighted by Crippen LogP contribution is -2.37. The molecule has 8 aliphatic rings. The largest absolute Gasteiger partial charge is 0.353 e. The number of rotatable bonds is 10. The molecule has 8 rings (SSSR count). The second kappa shape index (κ2) is 23.8. The van der Waals surface area contributed by atoms with Gasteiger partial charge in [-0.3, -0.25) is 0 Å².